The number of nitrogens with one attached hydrogen (secondary N) is 2. The maximum Gasteiger partial charge on any atom is 0.120 e. The van der Waals surface area contributed by atoms with Gasteiger partial charge in [0, 0.05) is 49.5 Å². The summed E-state index contributed by atoms with van der Waals surface area (Å²) >= 11 is 0. The van der Waals surface area contributed by atoms with Crippen molar-refractivity contribution in [3.8, 4) is 5.75 Å². The summed E-state index contributed by atoms with van der Waals surface area (Å²) in [5.74, 6) is 1.65. The second-order valence-electron chi connectivity index (χ2n) is 7.99. The van der Waals surface area contributed by atoms with Gasteiger partial charge in [0.15, 0.2) is 0 Å². The minimum atomic E-state index is 0.529. The highest BCUT2D eigenvalue weighted by Gasteiger charge is 2.36. The molecule has 3 fully saturated rings. The van der Waals surface area contributed by atoms with Gasteiger partial charge in [-0.2, -0.15) is 0 Å². The molecule has 1 saturated carbocycles. The average molecular weight is 360 g/mol. The minimum absolute atomic E-state index is 0.529. The summed E-state index contributed by atoms with van der Waals surface area (Å²) < 4.78 is 11.1. The molecule has 1 aromatic carbocycles. The lowest BCUT2D eigenvalue weighted by atomic mass is 9.92. The van der Waals surface area contributed by atoms with E-state index in [-0.39, 0.29) is 0 Å². The quantitative estimate of drug-likeness (QED) is 0.845. The van der Waals surface area contributed by atoms with Gasteiger partial charge in [0.05, 0.1) is 20.3 Å². The van der Waals surface area contributed by atoms with Crippen molar-refractivity contribution in [2.45, 2.75) is 50.2 Å². The molecular formula is C21H33N3O2. The Kier molecular flexibility index (Phi) is 5.98. The lowest BCUT2D eigenvalue weighted by Gasteiger charge is -2.39. The highest BCUT2D eigenvalue weighted by Crippen LogP contribution is 2.31. The van der Waals surface area contributed by atoms with Crippen LogP contribution >= 0.6 is 0 Å². The second kappa shape index (κ2) is 8.59. The molecule has 0 bridgehead atoms. The number of methoxy groups -OCH3 is 1. The van der Waals surface area contributed by atoms with Crippen LogP contribution in [-0.4, -0.2) is 58.1 Å². The van der Waals surface area contributed by atoms with Gasteiger partial charge in [0.25, 0.3) is 0 Å². The highest BCUT2D eigenvalue weighted by molar-refractivity contribution is 5.51. The van der Waals surface area contributed by atoms with Crippen LogP contribution in [0.3, 0.4) is 0 Å². The van der Waals surface area contributed by atoms with Gasteiger partial charge in [-0.1, -0.05) is 12.5 Å². The smallest absolute Gasteiger partial charge is 0.120 e. The molecule has 2 heterocycles. The predicted molar refractivity (Wildman–Crippen MR) is 105 cm³/mol. The van der Waals surface area contributed by atoms with E-state index in [1.54, 1.807) is 7.11 Å². The first-order valence-corrected chi connectivity index (χ1v) is 10.3. The van der Waals surface area contributed by atoms with E-state index in [9.17, 15) is 0 Å². The van der Waals surface area contributed by atoms with E-state index in [1.165, 1.54) is 37.8 Å². The summed E-state index contributed by atoms with van der Waals surface area (Å²) in [5.41, 5.74) is 1.28. The molecule has 2 aliphatic heterocycles. The molecule has 0 amide bonds. The Balaban J connectivity index is 1.36. The Bertz CT molecular complexity index is 576. The molecule has 0 spiro atoms. The van der Waals surface area contributed by atoms with Crippen LogP contribution in [0.25, 0.3) is 0 Å². The third kappa shape index (κ3) is 4.16. The van der Waals surface area contributed by atoms with E-state index in [0.717, 1.165) is 38.6 Å². The lowest BCUT2D eigenvalue weighted by molar-refractivity contribution is 0.0515. The van der Waals surface area contributed by atoms with Crippen molar-refractivity contribution in [3.63, 3.8) is 0 Å². The van der Waals surface area contributed by atoms with Crippen LogP contribution in [0.2, 0.25) is 0 Å². The Morgan fingerprint density at radius 1 is 1.23 bits per heavy atom. The Labute approximate surface area is 157 Å². The van der Waals surface area contributed by atoms with E-state index in [1.807, 2.05) is 6.07 Å². The van der Waals surface area contributed by atoms with E-state index >= 15 is 0 Å². The van der Waals surface area contributed by atoms with E-state index in [0.29, 0.717) is 24.0 Å². The number of anilines is 1. The van der Waals surface area contributed by atoms with E-state index < -0.39 is 0 Å². The second-order valence-corrected chi connectivity index (χ2v) is 7.99. The number of hydrogen-bond acceptors (Lipinski definition) is 5. The summed E-state index contributed by atoms with van der Waals surface area (Å²) in [6, 6.07) is 10.2. The summed E-state index contributed by atoms with van der Waals surface area (Å²) in [6.45, 7) is 4.96. The predicted octanol–water partition coefficient (Wildman–Crippen LogP) is 2.41. The monoisotopic (exact) mass is 359 g/mol. The molecule has 5 heteroatoms. The number of nitrogens with zero attached hydrogens (tertiary/aromatic N) is 1. The molecule has 2 saturated heterocycles. The number of benzene rings is 1. The van der Waals surface area contributed by atoms with Gasteiger partial charge in [-0.05, 0) is 43.7 Å². The largest absolute Gasteiger partial charge is 0.497 e. The zero-order valence-electron chi connectivity index (χ0n) is 16.0. The van der Waals surface area contributed by atoms with Crippen LogP contribution in [0.15, 0.2) is 24.3 Å². The molecule has 5 nitrogen and oxygen atoms in total. The SMILES string of the molecule is COc1cccc(N2CCCC(NC3CCCC3C3COCCN3)C2)c1. The van der Waals surface area contributed by atoms with Crippen LogP contribution in [0.5, 0.6) is 5.75 Å². The van der Waals surface area contributed by atoms with Crippen LogP contribution in [0, 0.1) is 5.92 Å². The zero-order valence-corrected chi connectivity index (χ0v) is 16.0. The summed E-state index contributed by atoms with van der Waals surface area (Å²) in [6.07, 6.45) is 6.49. The fourth-order valence-corrected chi connectivity index (χ4v) is 5.00. The molecule has 1 aromatic rings. The molecule has 0 radical (unpaired) electrons. The van der Waals surface area contributed by atoms with Crippen LogP contribution in [0.1, 0.15) is 32.1 Å². The molecular weight excluding hydrogens is 326 g/mol. The molecule has 4 atom stereocenters. The topological polar surface area (TPSA) is 45.8 Å². The minimum Gasteiger partial charge on any atom is -0.497 e. The van der Waals surface area contributed by atoms with Crippen molar-refractivity contribution >= 4 is 5.69 Å². The Morgan fingerprint density at radius 3 is 3.04 bits per heavy atom. The molecule has 4 rings (SSSR count). The van der Waals surface area contributed by atoms with Gasteiger partial charge in [0.2, 0.25) is 0 Å². The van der Waals surface area contributed by atoms with Gasteiger partial charge in [-0.15, -0.1) is 0 Å². The molecule has 144 valence electrons. The fourth-order valence-electron chi connectivity index (χ4n) is 5.00. The first-order chi connectivity index (χ1) is 12.8. The van der Waals surface area contributed by atoms with Crippen molar-refractivity contribution in [3.05, 3.63) is 24.3 Å². The summed E-state index contributed by atoms with van der Waals surface area (Å²) in [4.78, 5) is 2.51. The first-order valence-electron chi connectivity index (χ1n) is 10.3. The van der Waals surface area contributed by atoms with Gasteiger partial charge >= 0.3 is 0 Å². The van der Waals surface area contributed by atoms with E-state index in [4.69, 9.17) is 9.47 Å². The van der Waals surface area contributed by atoms with Crippen LogP contribution in [-0.2, 0) is 4.74 Å². The molecule has 1 aliphatic carbocycles. The number of rotatable bonds is 5. The summed E-state index contributed by atoms with van der Waals surface area (Å²) in [7, 11) is 1.74. The van der Waals surface area contributed by atoms with Gasteiger partial charge < -0.3 is 25.0 Å². The Hall–Kier alpha value is -1.30. The van der Waals surface area contributed by atoms with Crippen LogP contribution < -0.4 is 20.3 Å². The molecule has 26 heavy (non-hydrogen) atoms. The fraction of sp³-hybridized carbons (Fsp3) is 0.714. The molecule has 2 N–H and O–H groups in total. The lowest BCUT2D eigenvalue weighted by Crippen LogP contribution is -2.55. The van der Waals surface area contributed by atoms with Crippen LogP contribution in [0.4, 0.5) is 5.69 Å². The van der Waals surface area contributed by atoms with Gasteiger partial charge in [-0.25, -0.2) is 0 Å². The van der Waals surface area contributed by atoms with Gasteiger partial charge in [0.1, 0.15) is 5.75 Å². The zero-order chi connectivity index (χ0) is 17.8. The maximum absolute atomic E-state index is 5.72. The molecule has 4 unspecified atom stereocenters. The highest BCUT2D eigenvalue weighted by atomic mass is 16.5. The van der Waals surface area contributed by atoms with Gasteiger partial charge in [-0.3, -0.25) is 0 Å². The van der Waals surface area contributed by atoms with Crippen molar-refractivity contribution in [1.29, 1.82) is 0 Å². The first kappa shape index (κ1) is 18.1. The average Bonchev–Trinajstić information content (AvgIpc) is 3.17. The van der Waals surface area contributed by atoms with E-state index in [2.05, 4.69) is 33.7 Å². The summed E-state index contributed by atoms with van der Waals surface area (Å²) in [5, 5.41) is 7.71. The van der Waals surface area contributed by atoms with Crippen molar-refractivity contribution in [2.24, 2.45) is 5.92 Å². The van der Waals surface area contributed by atoms with Crippen molar-refractivity contribution < 1.29 is 9.47 Å². The molecule has 3 aliphatic rings. The van der Waals surface area contributed by atoms with Crippen molar-refractivity contribution in [2.75, 3.05) is 44.9 Å². The molecule has 0 aromatic heterocycles. The maximum atomic E-state index is 5.72. The van der Waals surface area contributed by atoms with Crippen molar-refractivity contribution in [1.82, 2.24) is 10.6 Å². The number of piperidine rings is 1. The third-order valence-corrected chi connectivity index (χ3v) is 6.33. The normalized spacial score (nSPS) is 32.6. The Morgan fingerprint density at radius 2 is 2.19 bits per heavy atom. The third-order valence-electron chi connectivity index (χ3n) is 6.33. The standard InChI is InChI=1S/C21H33N3O2/c1-25-18-7-2-6-17(13-18)24-11-4-5-16(14-24)23-20-9-3-8-19(20)21-15-26-12-10-22-21/h2,6-7,13,16,19-23H,3-5,8-12,14-15H2,1H3. The number of ether oxygens (including phenoxy) is 2. The number of hydrogen-bond donors (Lipinski definition) is 2. The number of morpholine rings is 1.